The summed E-state index contributed by atoms with van der Waals surface area (Å²) in [6, 6.07) is 11.9. The number of aryl methyl sites for hydroxylation is 1. The summed E-state index contributed by atoms with van der Waals surface area (Å²) < 4.78 is 0. The smallest absolute Gasteiger partial charge is 0.272 e. The van der Waals surface area contributed by atoms with E-state index in [1.165, 1.54) is 19.1 Å². The van der Waals surface area contributed by atoms with E-state index < -0.39 is 11.5 Å². The van der Waals surface area contributed by atoms with Gasteiger partial charge >= 0.3 is 0 Å². The number of carbonyl (C=O) groups is 1. The van der Waals surface area contributed by atoms with Gasteiger partial charge in [0, 0.05) is 12.7 Å². The van der Waals surface area contributed by atoms with Crippen molar-refractivity contribution in [1.82, 2.24) is 5.32 Å². The zero-order chi connectivity index (χ0) is 18.2. The van der Waals surface area contributed by atoms with Crippen molar-refractivity contribution >= 4 is 23.9 Å². The van der Waals surface area contributed by atoms with Gasteiger partial charge in [0.15, 0.2) is 0 Å². The van der Waals surface area contributed by atoms with Gasteiger partial charge in [-0.05, 0) is 66.1 Å². The van der Waals surface area contributed by atoms with Crippen molar-refractivity contribution in [3.8, 4) is 11.1 Å². The molecule has 0 unspecified atom stereocenters. The van der Waals surface area contributed by atoms with Gasteiger partial charge in [-0.3, -0.25) is 4.79 Å². The molecule has 0 atom stereocenters. The van der Waals surface area contributed by atoms with Crippen LogP contribution in [-0.4, -0.2) is 23.2 Å². The van der Waals surface area contributed by atoms with Gasteiger partial charge in [0.25, 0.3) is 5.91 Å². The Labute approximate surface area is 147 Å². The number of aliphatic hydroxyl groups is 1. The van der Waals surface area contributed by atoms with Crippen molar-refractivity contribution in [3.63, 3.8) is 0 Å². The number of benzene rings is 2. The molecule has 2 aromatic carbocycles. The molecular formula is C20H23N3O2. The van der Waals surface area contributed by atoms with Gasteiger partial charge in [-0.15, -0.1) is 0 Å². The number of hydrazine groups is 1. The monoisotopic (exact) mass is 337 g/mol. The van der Waals surface area contributed by atoms with E-state index >= 15 is 0 Å². The van der Waals surface area contributed by atoms with E-state index in [1.807, 2.05) is 25.3 Å². The summed E-state index contributed by atoms with van der Waals surface area (Å²) in [5.41, 5.74) is 2.15. The number of rotatable bonds is 3. The van der Waals surface area contributed by atoms with E-state index in [4.69, 9.17) is 5.84 Å². The third kappa shape index (κ3) is 3.43. The molecule has 0 spiro atoms. The summed E-state index contributed by atoms with van der Waals surface area (Å²) in [6.45, 7) is 5.70. The minimum atomic E-state index is -1.53. The summed E-state index contributed by atoms with van der Waals surface area (Å²) in [6.07, 6.45) is 4.15. The molecule has 2 aromatic rings. The molecule has 1 aliphatic heterocycles. The van der Waals surface area contributed by atoms with Crippen molar-refractivity contribution in [1.29, 1.82) is 0 Å². The zero-order valence-corrected chi connectivity index (χ0v) is 14.7. The number of amides is 1. The average Bonchev–Trinajstić information content (AvgIpc) is 2.59. The molecule has 0 aliphatic carbocycles. The summed E-state index contributed by atoms with van der Waals surface area (Å²) in [5.74, 6) is 5.38. The van der Waals surface area contributed by atoms with Crippen molar-refractivity contribution in [3.05, 3.63) is 52.4 Å². The van der Waals surface area contributed by atoms with Crippen LogP contribution in [0.3, 0.4) is 0 Å². The van der Waals surface area contributed by atoms with Crippen molar-refractivity contribution in [2.24, 2.45) is 5.84 Å². The minimum absolute atomic E-state index is 0.541. The normalized spacial score (nSPS) is 13.2. The summed E-state index contributed by atoms with van der Waals surface area (Å²) >= 11 is 0. The van der Waals surface area contributed by atoms with Gasteiger partial charge in [0.1, 0.15) is 5.60 Å². The fraction of sp³-hybridized carbons (Fsp3) is 0.250. The first kappa shape index (κ1) is 17.2. The van der Waals surface area contributed by atoms with E-state index in [1.54, 1.807) is 6.07 Å². The van der Waals surface area contributed by atoms with Crippen molar-refractivity contribution in [2.45, 2.75) is 26.4 Å². The Balaban J connectivity index is 2.05. The van der Waals surface area contributed by atoms with Crippen LogP contribution in [-0.2, 0) is 4.79 Å². The van der Waals surface area contributed by atoms with Crippen molar-refractivity contribution in [2.75, 3.05) is 11.6 Å². The average molecular weight is 337 g/mol. The minimum Gasteiger partial charge on any atom is -0.387 e. The molecule has 1 aliphatic rings. The van der Waals surface area contributed by atoms with Gasteiger partial charge in [-0.1, -0.05) is 24.3 Å². The maximum atomic E-state index is 12.2. The quantitative estimate of drug-likeness (QED) is 0.439. The number of hydrogen-bond acceptors (Lipinski definition) is 4. The molecule has 130 valence electrons. The molecule has 0 bridgehead atoms. The van der Waals surface area contributed by atoms with E-state index in [9.17, 15) is 9.90 Å². The fourth-order valence-electron chi connectivity index (χ4n) is 2.87. The summed E-state index contributed by atoms with van der Waals surface area (Å²) in [5, 5.41) is 16.5. The van der Waals surface area contributed by atoms with Crippen molar-refractivity contribution < 1.29 is 9.90 Å². The number of nitrogens with one attached hydrogen (secondary N) is 1. The Morgan fingerprint density at radius 3 is 2.68 bits per heavy atom. The number of nitrogens with zero attached hydrogens (tertiary/aromatic N) is 1. The Morgan fingerprint density at radius 1 is 1.20 bits per heavy atom. The third-order valence-corrected chi connectivity index (χ3v) is 4.34. The number of hydrogen-bond donors (Lipinski definition) is 3. The lowest BCUT2D eigenvalue weighted by Crippen LogP contribution is -2.49. The Bertz CT molecular complexity index is 942. The SMILES string of the molecule is Cc1ccc(N(N)C(=O)C(C)(C)O)cc1-c1ccc2c(c1)=CNCC=2. The maximum Gasteiger partial charge on any atom is 0.272 e. The van der Waals surface area contributed by atoms with Gasteiger partial charge in [0.05, 0.1) is 5.69 Å². The first-order valence-electron chi connectivity index (χ1n) is 8.24. The largest absolute Gasteiger partial charge is 0.387 e. The highest BCUT2D eigenvalue weighted by atomic mass is 16.3. The molecular weight excluding hydrogens is 314 g/mol. The molecule has 1 amide bonds. The van der Waals surface area contributed by atoms with Crippen LogP contribution in [0.25, 0.3) is 23.4 Å². The second-order valence-electron chi connectivity index (χ2n) is 6.83. The molecule has 0 aromatic heterocycles. The highest BCUT2D eigenvalue weighted by molar-refractivity contribution is 5.98. The number of carbonyl (C=O) groups excluding carboxylic acids is 1. The van der Waals surface area contributed by atoms with Crippen LogP contribution in [0.15, 0.2) is 36.4 Å². The predicted octanol–water partition coefficient (Wildman–Crippen LogP) is 0.761. The molecule has 4 N–H and O–H groups in total. The predicted molar refractivity (Wildman–Crippen MR) is 101 cm³/mol. The Kier molecular flexibility index (Phi) is 4.37. The molecule has 0 saturated carbocycles. The number of fused-ring (bicyclic) bond motifs is 1. The molecule has 0 fully saturated rings. The Morgan fingerprint density at radius 2 is 1.96 bits per heavy atom. The first-order chi connectivity index (χ1) is 11.8. The molecule has 5 heteroatoms. The molecule has 25 heavy (non-hydrogen) atoms. The third-order valence-electron chi connectivity index (χ3n) is 4.34. The molecule has 0 radical (unpaired) electrons. The van der Waals surface area contributed by atoms with Crippen LogP contribution in [0, 0.1) is 6.92 Å². The molecule has 3 rings (SSSR count). The van der Waals surface area contributed by atoms with Gasteiger partial charge in [-0.2, -0.15) is 0 Å². The van der Waals surface area contributed by atoms with E-state index in [0.29, 0.717) is 5.69 Å². The zero-order valence-electron chi connectivity index (χ0n) is 14.7. The van der Waals surface area contributed by atoms with Gasteiger partial charge in [0.2, 0.25) is 0 Å². The van der Waals surface area contributed by atoms with E-state index in [0.717, 1.165) is 33.5 Å². The summed E-state index contributed by atoms with van der Waals surface area (Å²) in [7, 11) is 0. The van der Waals surface area contributed by atoms with Crippen LogP contribution < -0.4 is 26.6 Å². The van der Waals surface area contributed by atoms with Gasteiger partial charge < -0.3 is 10.4 Å². The van der Waals surface area contributed by atoms with Gasteiger partial charge in [-0.25, -0.2) is 10.9 Å². The highest BCUT2D eigenvalue weighted by Gasteiger charge is 2.29. The second-order valence-corrected chi connectivity index (χ2v) is 6.83. The first-order valence-corrected chi connectivity index (χ1v) is 8.24. The van der Waals surface area contributed by atoms with Crippen LogP contribution >= 0.6 is 0 Å². The van der Waals surface area contributed by atoms with Crippen LogP contribution in [0.2, 0.25) is 0 Å². The second kappa shape index (κ2) is 6.35. The Hall–Kier alpha value is -2.63. The lowest BCUT2D eigenvalue weighted by Gasteiger charge is -2.25. The lowest BCUT2D eigenvalue weighted by molar-refractivity contribution is -0.133. The van der Waals surface area contributed by atoms with E-state index in [2.05, 4.69) is 29.6 Å². The van der Waals surface area contributed by atoms with Crippen LogP contribution in [0.1, 0.15) is 19.4 Å². The summed E-state index contributed by atoms with van der Waals surface area (Å²) in [4.78, 5) is 12.2. The number of anilines is 1. The molecule has 1 heterocycles. The number of nitrogens with two attached hydrogens (primary N) is 1. The topological polar surface area (TPSA) is 78.6 Å². The fourth-order valence-corrected chi connectivity index (χ4v) is 2.87. The van der Waals surface area contributed by atoms with Crippen LogP contribution in [0.4, 0.5) is 5.69 Å². The standard InChI is InChI=1S/C20H23N3O2/c1-13-4-7-17(23(21)19(24)20(2,3)25)11-18(13)15-6-5-14-8-9-22-12-16(14)10-15/h4-8,10-12,22,25H,9,21H2,1-3H3. The molecule has 5 nitrogen and oxygen atoms in total. The van der Waals surface area contributed by atoms with E-state index in [-0.39, 0.29) is 0 Å². The highest BCUT2D eigenvalue weighted by Crippen LogP contribution is 2.27. The lowest BCUT2D eigenvalue weighted by atomic mass is 9.98. The molecule has 0 saturated heterocycles. The maximum absolute atomic E-state index is 12.2. The van der Waals surface area contributed by atoms with Crippen LogP contribution in [0.5, 0.6) is 0 Å².